The standard InChI is InChI=1S/C17H23N5O2/c1-11-7-12-5-3-4-6-14(12)22(11)17-13-8-20-21(9-15(23)24-2)16(13)18-10-19-17/h8,10-12,14H,3-7,9H2,1-2H3. The summed E-state index contributed by atoms with van der Waals surface area (Å²) in [4.78, 5) is 23.0. The highest BCUT2D eigenvalue weighted by atomic mass is 16.5. The molecule has 1 aliphatic heterocycles. The molecule has 0 N–H and O–H groups in total. The number of methoxy groups -OCH3 is 1. The van der Waals surface area contributed by atoms with Crippen molar-refractivity contribution < 1.29 is 9.53 Å². The summed E-state index contributed by atoms with van der Waals surface area (Å²) in [6, 6.07) is 1.04. The van der Waals surface area contributed by atoms with Gasteiger partial charge in [0, 0.05) is 12.1 Å². The van der Waals surface area contributed by atoms with Crippen LogP contribution in [0.5, 0.6) is 0 Å². The number of nitrogens with zero attached hydrogens (tertiary/aromatic N) is 5. The Bertz CT molecular complexity index is 759. The Morgan fingerprint density at radius 1 is 1.33 bits per heavy atom. The summed E-state index contributed by atoms with van der Waals surface area (Å²) in [6.45, 7) is 2.35. The molecule has 1 saturated heterocycles. The first-order valence-corrected chi connectivity index (χ1v) is 8.70. The van der Waals surface area contributed by atoms with E-state index in [0.717, 1.165) is 17.1 Å². The fraction of sp³-hybridized carbons (Fsp3) is 0.647. The van der Waals surface area contributed by atoms with Crippen LogP contribution in [0.25, 0.3) is 11.0 Å². The fourth-order valence-electron chi connectivity index (χ4n) is 4.46. The van der Waals surface area contributed by atoms with Gasteiger partial charge in [0.2, 0.25) is 0 Å². The Morgan fingerprint density at radius 3 is 3.00 bits per heavy atom. The fourth-order valence-corrected chi connectivity index (χ4v) is 4.46. The van der Waals surface area contributed by atoms with E-state index in [-0.39, 0.29) is 12.5 Å². The minimum atomic E-state index is -0.331. The van der Waals surface area contributed by atoms with Gasteiger partial charge in [-0.25, -0.2) is 14.6 Å². The van der Waals surface area contributed by atoms with E-state index < -0.39 is 0 Å². The zero-order valence-corrected chi connectivity index (χ0v) is 14.2. The third kappa shape index (κ3) is 2.42. The van der Waals surface area contributed by atoms with Crippen LogP contribution in [0.3, 0.4) is 0 Å². The normalized spacial score (nSPS) is 26.6. The van der Waals surface area contributed by atoms with Crippen LogP contribution in [-0.2, 0) is 16.1 Å². The van der Waals surface area contributed by atoms with Gasteiger partial charge in [-0.2, -0.15) is 5.10 Å². The maximum atomic E-state index is 11.6. The number of esters is 1. The van der Waals surface area contributed by atoms with Crippen LogP contribution in [0.1, 0.15) is 39.0 Å². The number of rotatable bonds is 3. The number of hydrogen-bond donors (Lipinski definition) is 0. The summed E-state index contributed by atoms with van der Waals surface area (Å²) in [5.41, 5.74) is 0.692. The first-order chi connectivity index (χ1) is 11.7. The maximum Gasteiger partial charge on any atom is 0.327 e. The SMILES string of the molecule is COC(=O)Cn1ncc2c(N3C(C)CC4CCCCC43)ncnc21. The van der Waals surface area contributed by atoms with Crippen molar-refractivity contribution in [1.82, 2.24) is 19.7 Å². The lowest BCUT2D eigenvalue weighted by molar-refractivity contribution is -0.141. The van der Waals surface area contributed by atoms with Gasteiger partial charge in [-0.15, -0.1) is 0 Å². The monoisotopic (exact) mass is 329 g/mol. The van der Waals surface area contributed by atoms with E-state index in [0.29, 0.717) is 17.7 Å². The molecule has 0 spiro atoms. The molecule has 1 saturated carbocycles. The van der Waals surface area contributed by atoms with Crippen LogP contribution < -0.4 is 4.90 Å². The zero-order chi connectivity index (χ0) is 16.7. The van der Waals surface area contributed by atoms with Crippen molar-refractivity contribution >= 4 is 22.8 Å². The zero-order valence-electron chi connectivity index (χ0n) is 14.2. The number of carbonyl (C=O) groups is 1. The molecule has 7 heteroatoms. The van der Waals surface area contributed by atoms with E-state index in [4.69, 9.17) is 4.74 Å². The molecule has 3 heterocycles. The second-order valence-electron chi connectivity index (χ2n) is 6.92. The van der Waals surface area contributed by atoms with Gasteiger partial charge < -0.3 is 9.64 Å². The Hall–Kier alpha value is -2.18. The minimum Gasteiger partial charge on any atom is -0.468 e. The summed E-state index contributed by atoms with van der Waals surface area (Å²) in [5, 5.41) is 5.25. The van der Waals surface area contributed by atoms with Crippen LogP contribution >= 0.6 is 0 Å². The van der Waals surface area contributed by atoms with E-state index >= 15 is 0 Å². The predicted octanol–water partition coefficient (Wildman–Crippen LogP) is 2.16. The quantitative estimate of drug-likeness (QED) is 0.804. The number of ether oxygens (including phenoxy) is 1. The van der Waals surface area contributed by atoms with E-state index in [2.05, 4.69) is 26.9 Å². The van der Waals surface area contributed by atoms with E-state index in [1.807, 2.05) is 0 Å². The molecule has 3 unspecified atom stereocenters. The minimum absolute atomic E-state index is 0.0675. The van der Waals surface area contributed by atoms with Gasteiger partial charge in [-0.05, 0) is 32.1 Å². The summed E-state index contributed by atoms with van der Waals surface area (Å²) in [5.74, 6) is 1.39. The molecule has 3 atom stereocenters. The Kier molecular flexibility index (Phi) is 3.86. The largest absolute Gasteiger partial charge is 0.468 e. The number of anilines is 1. The van der Waals surface area contributed by atoms with Crippen LogP contribution in [0.4, 0.5) is 5.82 Å². The van der Waals surface area contributed by atoms with Crippen molar-refractivity contribution in [3.05, 3.63) is 12.5 Å². The van der Waals surface area contributed by atoms with Gasteiger partial charge in [0.25, 0.3) is 0 Å². The smallest absolute Gasteiger partial charge is 0.327 e. The van der Waals surface area contributed by atoms with Crippen LogP contribution in [0.15, 0.2) is 12.5 Å². The molecule has 128 valence electrons. The van der Waals surface area contributed by atoms with Crippen molar-refractivity contribution in [2.24, 2.45) is 5.92 Å². The van der Waals surface area contributed by atoms with Crippen molar-refractivity contribution in [1.29, 1.82) is 0 Å². The lowest BCUT2D eigenvalue weighted by Gasteiger charge is -2.34. The van der Waals surface area contributed by atoms with Gasteiger partial charge in [0.05, 0.1) is 18.7 Å². The van der Waals surface area contributed by atoms with Crippen LogP contribution in [0, 0.1) is 5.92 Å². The molecule has 24 heavy (non-hydrogen) atoms. The van der Waals surface area contributed by atoms with E-state index in [1.165, 1.54) is 39.2 Å². The molecule has 0 aromatic carbocycles. The average molecular weight is 329 g/mol. The highest BCUT2D eigenvalue weighted by molar-refractivity contribution is 5.88. The highest BCUT2D eigenvalue weighted by Gasteiger charge is 2.41. The topological polar surface area (TPSA) is 73.1 Å². The third-order valence-corrected chi connectivity index (χ3v) is 5.51. The van der Waals surface area contributed by atoms with Gasteiger partial charge >= 0.3 is 5.97 Å². The second kappa shape index (κ2) is 6.03. The Labute approximate surface area is 141 Å². The molecule has 2 aliphatic rings. The predicted molar refractivity (Wildman–Crippen MR) is 89.6 cm³/mol. The lowest BCUT2D eigenvalue weighted by atomic mass is 9.85. The first kappa shape index (κ1) is 15.4. The third-order valence-electron chi connectivity index (χ3n) is 5.51. The molecule has 4 rings (SSSR count). The first-order valence-electron chi connectivity index (χ1n) is 8.70. The molecule has 2 aromatic rings. The summed E-state index contributed by atoms with van der Waals surface area (Å²) in [6.07, 6.45) is 9.77. The number of hydrogen-bond acceptors (Lipinski definition) is 6. The molecule has 2 fully saturated rings. The van der Waals surface area contributed by atoms with Gasteiger partial charge in [-0.1, -0.05) is 12.8 Å². The van der Waals surface area contributed by atoms with E-state index in [1.54, 1.807) is 17.2 Å². The van der Waals surface area contributed by atoms with Crippen molar-refractivity contribution in [2.45, 2.75) is 57.7 Å². The van der Waals surface area contributed by atoms with Crippen LogP contribution in [0.2, 0.25) is 0 Å². The highest BCUT2D eigenvalue weighted by Crippen LogP contribution is 2.42. The molecular formula is C17H23N5O2. The van der Waals surface area contributed by atoms with Crippen molar-refractivity contribution in [3.63, 3.8) is 0 Å². The summed E-state index contributed by atoms with van der Waals surface area (Å²) < 4.78 is 6.33. The molecular weight excluding hydrogens is 306 g/mol. The number of carbonyl (C=O) groups excluding carboxylic acids is 1. The van der Waals surface area contributed by atoms with Gasteiger partial charge in [0.1, 0.15) is 18.7 Å². The van der Waals surface area contributed by atoms with Crippen molar-refractivity contribution in [3.8, 4) is 0 Å². The van der Waals surface area contributed by atoms with Crippen LogP contribution in [-0.4, -0.2) is 44.9 Å². The number of aromatic nitrogens is 4. The summed E-state index contributed by atoms with van der Waals surface area (Å²) >= 11 is 0. The molecule has 0 amide bonds. The molecule has 2 aromatic heterocycles. The Balaban J connectivity index is 1.73. The number of fused-ring (bicyclic) bond motifs is 2. The Morgan fingerprint density at radius 2 is 2.17 bits per heavy atom. The van der Waals surface area contributed by atoms with Gasteiger partial charge in [0.15, 0.2) is 5.65 Å². The molecule has 0 bridgehead atoms. The lowest BCUT2D eigenvalue weighted by Crippen LogP contribution is -2.38. The molecule has 0 radical (unpaired) electrons. The molecule has 1 aliphatic carbocycles. The second-order valence-corrected chi connectivity index (χ2v) is 6.92. The van der Waals surface area contributed by atoms with Crippen molar-refractivity contribution in [2.75, 3.05) is 12.0 Å². The average Bonchev–Trinajstić information content (AvgIpc) is 3.15. The van der Waals surface area contributed by atoms with E-state index in [9.17, 15) is 4.79 Å². The molecule has 7 nitrogen and oxygen atoms in total. The maximum absolute atomic E-state index is 11.6. The summed E-state index contributed by atoms with van der Waals surface area (Å²) in [7, 11) is 1.38. The van der Waals surface area contributed by atoms with Gasteiger partial charge in [-0.3, -0.25) is 4.79 Å².